The molecule has 9 heteroatoms. The van der Waals surface area contributed by atoms with Gasteiger partial charge >= 0.3 is 5.97 Å². The van der Waals surface area contributed by atoms with Crippen LogP contribution in [0.4, 0.5) is 11.4 Å². The first-order chi connectivity index (χ1) is 13.4. The first-order valence-corrected chi connectivity index (χ1v) is 9.11. The SMILES string of the molecule is CCOC(=O)C1=C(O)/C(=C/c2ccc(C)o2)SC1=Nc1ccc([N+](=O)[O-])cc1. The molecule has 8 nitrogen and oxygen atoms in total. The maximum Gasteiger partial charge on any atom is 0.344 e. The van der Waals surface area contributed by atoms with Gasteiger partial charge in [0.2, 0.25) is 0 Å². The van der Waals surface area contributed by atoms with Crippen LogP contribution in [0.5, 0.6) is 0 Å². The fraction of sp³-hybridized carbons (Fsp3) is 0.158. The number of ether oxygens (including phenoxy) is 1. The van der Waals surface area contributed by atoms with Crippen LogP contribution in [0, 0.1) is 17.0 Å². The summed E-state index contributed by atoms with van der Waals surface area (Å²) in [4.78, 5) is 27.3. The normalized spacial score (nSPS) is 16.8. The molecule has 0 radical (unpaired) electrons. The molecule has 0 amide bonds. The molecule has 144 valence electrons. The monoisotopic (exact) mass is 400 g/mol. The summed E-state index contributed by atoms with van der Waals surface area (Å²) in [6.45, 7) is 3.60. The molecule has 1 aromatic heterocycles. The number of nitrogens with zero attached hydrogens (tertiary/aromatic N) is 2. The molecule has 28 heavy (non-hydrogen) atoms. The van der Waals surface area contributed by atoms with E-state index in [0.717, 1.165) is 11.8 Å². The van der Waals surface area contributed by atoms with E-state index in [1.807, 2.05) is 0 Å². The summed E-state index contributed by atoms with van der Waals surface area (Å²) in [5.41, 5.74) is 0.276. The predicted molar refractivity (Wildman–Crippen MR) is 105 cm³/mol. The molecule has 1 aliphatic heterocycles. The zero-order valence-electron chi connectivity index (χ0n) is 15.0. The van der Waals surface area contributed by atoms with Crippen LogP contribution in [-0.2, 0) is 9.53 Å². The number of hydrogen-bond acceptors (Lipinski definition) is 8. The Balaban J connectivity index is 2.00. The summed E-state index contributed by atoms with van der Waals surface area (Å²) in [7, 11) is 0. The van der Waals surface area contributed by atoms with Gasteiger partial charge in [0.25, 0.3) is 5.69 Å². The van der Waals surface area contributed by atoms with E-state index in [1.165, 1.54) is 24.3 Å². The van der Waals surface area contributed by atoms with Gasteiger partial charge in [-0.2, -0.15) is 0 Å². The number of nitro benzene ring substituents is 1. The van der Waals surface area contributed by atoms with E-state index in [-0.39, 0.29) is 28.7 Å². The number of carbonyl (C=O) groups excluding carboxylic acids is 1. The van der Waals surface area contributed by atoms with E-state index in [4.69, 9.17) is 9.15 Å². The van der Waals surface area contributed by atoms with Crippen molar-refractivity contribution in [2.45, 2.75) is 13.8 Å². The van der Waals surface area contributed by atoms with Gasteiger partial charge in [-0.1, -0.05) is 11.8 Å². The van der Waals surface area contributed by atoms with Gasteiger partial charge in [-0.15, -0.1) is 0 Å². The summed E-state index contributed by atoms with van der Waals surface area (Å²) >= 11 is 1.08. The Morgan fingerprint density at radius 1 is 1.32 bits per heavy atom. The Kier molecular flexibility index (Phi) is 5.65. The first kappa shape index (κ1) is 19.4. The summed E-state index contributed by atoms with van der Waals surface area (Å²) in [5, 5.41) is 21.6. The van der Waals surface area contributed by atoms with Crippen LogP contribution in [0.1, 0.15) is 18.4 Å². The summed E-state index contributed by atoms with van der Waals surface area (Å²) < 4.78 is 10.5. The number of benzene rings is 1. The molecule has 2 aromatic rings. The number of thioether (sulfide) groups is 1. The van der Waals surface area contributed by atoms with E-state index >= 15 is 0 Å². The van der Waals surface area contributed by atoms with Crippen molar-refractivity contribution in [3.63, 3.8) is 0 Å². The van der Waals surface area contributed by atoms with Crippen molar-refractivity contribution in [3.05, 3.63) is 74.3 Å². The van der Waals surface area contributed by atoms with Gasteiger partial charge in [-0.05, 0) is 44.2 Å². The number of nitro groups is 1. The second-order valence-corrected chi connectivity index (χ2v) is 6.72. The van der Waals surface area contributed by atoms with Crippen LogP contribution < -0.4 is 0 Å². The average molecular weight is 400 g/mol. The van der Waals surface area contributed by atoms with Gasteiger partial charge in [0.05, 0.1) is 22.1 Å². The maximum atomic E-state index is 12.3. The molecule has 0 bridgehead atoms. The fourth-order valence-corrected chi connectivity index (χ4v) is 3.43. The van der Waals surface area contributed by atoms with Crippen LogP contribution in [-0.4, -0.2) is 27.6 Å². The van der Waals surface area contributed by atoms with Crippen molar-refractivity contribution in [1.29, 1.82) is 0 Å². The lowest BCUT2D eigenvalue weighted by atomic mass is 10.2. The van der Waals surface area contributed by atoms with Crippen molar-refractivity contribution >= 4 is 40.2 Å². The quantitative estimate of drug-likeness (QED) is 0.440. The molecular formula is C19H16N2O6S. The molecule has 1 aliphatic rings. The van der Waals surface area contributed by atoms with Crippen molar-refractivity contribution in [1.82, 2.24) is 0 Å². The Hall–Kier alpha value is -3.33. The molecule has 0 saturated heterocycles. The highest BCUT2D eigenvalue weighted by Gasteiger charge is 2.33. The van der Waals surface area contributed by atoms with Crippen LogP contribution in [0.25, 0.3) is 6.08 Å². The van der Waals surface area contributed by atoms with E-state index in [9.17, 15) is 20.0 Å². The third kappa shape index (κ3) is 4.15. The van der Waals surface area contributed by atoms with Gasteiger partial charge in [-0.3, -0.25) is 10.1 Å². The van der Waals surface area contributed by atoms with Crippen LogP contribution >= 0.6 is 11.8 Å². The van der Waals surface area contributed by atoms with Crippen LogP contribution in [0.15, 0.2) is 62.0 Å². The molecule has 0 unspecified atom stereocenters. The highest BCUT2D eigenvalue weighted by atomic mass is 32.2. The van der Waals surface area contributed by atoms with E-state index in [1.54, 1.807) is 32.1 Å². The molecule has 0 atom stereocenters. The van der Waals surface area contributed by atoms with Crippen molar-refractivity contribution in [2.24, 2.45) is 4.99 Å². The molecule has 1 N–H and O–H groups in total. The summed E-state index contributed by atoms with van der Waals surface area (Å²) in [5.74, 6) is 0.278. The lowest BCUT2D eigenvalue weighted by molar-refractivity contribution is -0.384. The van der Waals surface area contributed by atoms with Crippen LogP contribution in [0.2, 0.25) is 0 Å². The molecular weight excluding hydrogens is 384 g/mol. The second kappa shape index (κ2) is 8.13. The number of aryl methyl sites for hydroxylation is 1. The van der Waals surface area contributed by atoms with E-state index in [2.05, 4.69) is 4.99 Å². The minimum Gasteiger partial charge on any atom is -0.506 e. The molecule has 0 spiro atoms. The Morgan fingerprint density at radius 3 is 2.61 bits per heavy atom. The van der Waals surface area contributed by atoms with Crippen LogP contribution in [0.3, 0.4) is 0 Å². The smallest absolute Gasteiger partial charge is 0.344 e. The van der Waals surface area contributed by atoms with Crippen molar-refractivity contribution in [3.8, 4) is 0 Å². The lowest BCUT2D eigenvalue weighted by Gasteiger charge is -2.03. The summed E-state index contributed by atoms with van der Waals surface area (Å²) in [6, 6.07) is 9.08. The third-order valence-electron chi connectivity index (χ3n) is 3.70. The number of aliphatic imine (C=N–C) groups is 1. The molecule has 1 aromatic carbocycles. The Morgan fingerprint density at radius 2 is 2.04 bits per heavy atom. The second-order valence-electron chi connectivity index (χ2n) is 5.69. The first-order valence-electron chi connectivity index (χ1n) is 8.29. The Bertz CT molecular complexity index is 1020. The lowest BCUT2D eigenvalue weighted by Crippen LogP contribution is -2.12. The van der Waals surface area contributed by atoms with E-state index < -0.39 is 10.9 Å². The van der Waals surface area contributed by atoms with Gasteiger partial charge < -0.3 is 14.3 Å². The molecule has 0 fully saturated rings. The maximum absolute atomic E-state index is 12.3. The molecule has 0 saturated carbocycles. The minimum absolute atomic E-state index is 0.0558. The number of hydrogen-bond donors (Lipinski definition) is 1. The zero-order chi connectivity index (χ0) is 20.3. The highest BCUT2D eigenvalue weighted by molar-refractivity contribution is 8.18. The molecule has 3 rings (SSSR count). The zero-order valence-corrected chi connectivity index (χ0v) is 15.9. The number of esters is 1. The molecule has 0 aliphatic carbocycles. The Labute approximate surface area is 164 Å². The van der Waals surface area contributed by atoms with E-state index in [0.29, 0.717) is 22.1 Å². The topological polar surface area (TPSA) is 115 Å². The van der Waals surface area contributed by atoms with Gasteiger partial charge in [0, 0.05) is 12.1 Å². The number of rotatable bonds is 5. The predicted octanol–water partition coefficient (Wildman–Crippen LogP) is 4.69. The average Bonchev–Trinajstić information content (AvgIpc) is 3.19. The number of non-ortho nitro benzene ring substituents is 1. The van der Waals surface area contributed by atoms with Crippen molar-refractivity contribution < 1.29 is 24.0 Å². The third-order valence-corrected chi connectivity index (χ3v) is 4.72. The van der Waals surface area contributed by atoms with Crippen molar-refractivity contribution in [2.75, 3.05) is 6.61 Å². The molecule has 2 heterocycles. The minimum atomic E-state index is -0.702. The van der Waals surface area contributed by atoms with Gasteiger partial charge in [0.1, 0.15) is 27.9 Å². The number of aliphatic hydroxyl groups is 1. The standard InChI is InChI=1S/C19H16N2O6S/c1-3-26-19(23)16-17(22)15(10-14-9-4-11(2)27-14)28-18(16)20-12-5-7-13(8-6-12)21(24)25/h4-10,22H,3H2,1-2H3/b15-10-,20-18?. The summed E-state index contributed by atoms with van der Waals surface area (Å²) in [6.07, 6.45) is 1.60. The fourth-order valence-electron chi connectivity index (χ4n) is 2.42. The number of aliphatic hydroxyl groups excluding tert-OH is 1. The van der Waals surface area contributed by atoms with Gasteiger partial charge in [-0.25, -0.2) is 9.79 Å². The highest BCUT2D eigenvalue weighted by Crippen LogP contribution is 2.40. The van der Waals surface area contributed by atoms with Gasteiger partial charge in [0.15, 0.2) is 0 Å². The number of furan rings is 1. The largest absolute Gasteiger partial charge is 0.506 e. The number of carbonyl (C=O) groups is 1.